The zero-order valence-corrected chi connectivity index (χ0v) is 11.6. The Kier molecular flexibility index (Phi) is 3.77. The molecule has 0 radical (unpaired) electrons. The molecule has 0 aliphatic heterocycles. The lowest BCUT2D eigenvalue weighted by Crippen LogP contribution is -2.12. The normalized spacial score (nSPS) is 12.1. The molecule has 0 bridgehead atoms. The summed E-state index contributed by atoms with van der Waals surface area (Å²) in [6, 6.07) is 7.66. The van der Waals surface area contributed by atoms with E-state index in [2.05, 4.69) is 18.8 Å². The topological polar surface area (TPSA) is 34.4 Å². The Bertz CT molecular complexity index is 605. The minimum atomic E-state index is -0.191. The van der Waals surface area contributed by atoms with E-state index in [1.54, 1.807) is 0 Å². The van der Waals surface area contributed by atoms with Gasteiger partial charge >= 0.3 is 0 Å². The monoisotopic (exact) mass is 260 g/mol. The largest absolute Gasteiger partial charge is 0.327 e. The molecule has 0 spiro atoms. The van der Waals surface area contributed by atoms with Gasteiger partial charge in [-0.2, -0.15) is 4.99 Å². The maximum Gasteiger partial charge on any atom is 0.279 e. The molecule has 0 aliphatic carbocycles. The fraction of sp³-hybridized carbons (Fsp3) is 0.286. The van der Waals surface area contributed by atoms with E-state index >= 15 is 0 Å². The number of benzene rings is 1. The average Bonchev–Trinajstić information content (AvgIpc) is 2.75. The Morgan fingerprint density at radius 3 is 2.44 bits per heavy atom. The van der Waals surface area contributed by atoms with Crippen LogP contribution in [0.2, 0.25) is 0 Å². The van der Waals surface area contributed by atoms with Crippen molar-refractivity contribution in [1.29, 1.82) is 0 Å². The van der Waals surface area contributed by atoms with E-state index in [0.29, 0.717) is 16.3 Å². The highest BCUT2D eigenvalue weighted by molar-refractivity contribution is 7.07. The molecule has 2 rings (SSSR count). The molecule has 2 aromatic rings. The second kappa shape index (κ2) is 5.31. The highest BCUT2D eigenvalue weighted by atomic mass is 32.1. The van der Waals surface area contributed by atoms with Crippen LogP contribution in [-0.2, 0) is 7.05 Å². The molecule has 1 aromatic heterocycles. The molecule has 0 atom stereocenters. The van der Waals surface area contributed by atoms with E-state index in [1.807, 2.05) is 47.5 Å². The van der Waals surface area contributed by atoms with Crippen molar-refractivity contribution in [2.45, 2.75) is 19.8 Å². The zero-order valence-electron chi connectivity index (χ0n) is 10.8. The molecule has 0 aliphatic rings. The second-order valence-corrected chi connectivity index (χ2v) is 5.36. The van der Waals surface area contributed by atoms with Gasteiger partial charge in [0.25, 0.3) is 5.91 Å². The van der Waals surface area contributed by atoms with Gasteiger partial charge in [0.1, 0.15) is 0 Å². The standard InChI is InChI=1S/C14H16N2OS/c1-10(2)11-4-6-12(7-5-11)13(17)15-14-16(3)8-9-18-14/h4-10H,1-3H3. The smallest absolute Gasteiger partial charge is 0.279 e. The number of carbonyl (C=O) groups is 1. The SMILES string of the molecule is CC(C)c1ccc(C(=O)N=c2sccn2C)cc1. The highest BCUT2D eigenvalue weighted by Gasteiger charge is 2.05. The molecule has 94 valence electrons. The molecular formula is C14H16N2OS. The Morgan fingerprint density at radius 2 is 1.94 bits per heavy atom. The predicted octanol–water partition coefficient (Wildman–Crippen LogP) is 2.95. The molecule has 4 heteroatoms. The molecule has 0 saturated heterocycles. The van der Waals surface area contributed by atoms with Crippen LogP contribution in [0.5, 0.6) is 0 Å². The number of hydrogen-bond donors (Lipinski definition) is 0. The molecular weight excluding hydrogens is 244 g/mol. The quantitative estimate of drug-likeness (QED) is 0.817. The molecule has 1 aromatic carbocycles. The fourth-order valence-corrected chi connectivity index (χ4v) is 2.32. The molecule has 3 nitrogen and oxygen atoms in total. The van der Waals surface area contributed by atoms with Gasteiger partial charge in [-0.3, -0.25) is 4.79 Å². The third-order valence-corrected chi connectivity index (χ3v) is 3.63. The van der Waals surface area contributed by atoms with Crippen LogP contribution < -0.4 is 4.80 Å². The molecule has 18 heavy (non-hydrogen) atoms. The Hall–Kier alpha value is -1.68. The Morgan fingerprint density at radius 1 is 1.28 bits per heavy atom. The first-order valence-corrected chi connectivity index (χ1v) is 6.75. The van der Waals surface area contributed by atoms with Crippen LogP contribution >= 0.6 is 11.3 Å². The van der Waals surface area contributed by atoms with Crippen LogP contribution in [0.25, 0.3) is 0 Å². The number of hydrogen-bond acceptors (Lipinski definition) is 2. The number of rotatable bonds is 2. The van der Waals surface area contributed by atoms with Crippen LogP contribution in [0.1, 0.15) is 35.7 Å². The predicted molar refractivity (Wildman–Crippen MR) is 73.7 cm³/mol. The van der Waals surface area contributed by atoms with Gasteiger partial charge in [0.2, 0.25) is 0 Å². The van der Waals surface area contributed by atoms with Crippen LogP contribution in [0.3, 0.4) is 0 Å². The maximum atomic E-state index is 12.0. The minimum absolute atomic E-state index is 0.191. The average molecular weight is 260 g/mol. The van der Waals surface area contributed by atoms with Gasteiger partial charge in [-0.25, -0.2) is 0 Å². The van der Waals surface area contributed by atoms with Crippen molar-refractivity contribution in [2.24, 2.45) is 12.0 Å². The van der Waals surface area contributed by atoms with Crippen molar-refractivity contribution in [3.63, 3.8) is 0 Å². The van der Waals surface area contributed by atoms with Crippen molar-refractivity contribution in [3.05, 3.63) is 51.8 Å². The number of aromatic nitrogens is 1. The van der Waals surface area contributed by atoms with Crippen LogP contribution in [-0.4, -0.2) is 10.5 Å². The third kappa shape index (κ3) is 2.76. The third-order valence-electron chi connectivity index (χ3n) is 2.78. The van der Waals surface area contributed by atoms with E-state index in [4.69, 9.17) is 0 Å². The van der Waals surface area contributed by atoms with E-state index in [9.17, 15) is 4.79 Å². The van der Waals surface area contributed by atoms with Gasteiger partial charge in [-0.05, 0) is 23.6 Å². The van der Waals surface area contributed by atoms with Gasteiger partial charge in [0.05, 0.1) is 0 Å². The summed E-state index contributed by atoms with van der Waals surface area (Å²) in [6.07, 6.45) is 1.89. The molecule has 0 N–H and O–H groups in total. The summed E-state index contributed by atoms with van der Waals surface area (Å²) in [5.41, 5.74) is 1.86. The first-order chi connectivity index (χ1) is 8.58. The minimum Gasteiger partial charge on any atom is -0.327 e. The van der Waals surface area contributed by atoms with E-state index in [-0.39, 0.29) is 5.91 Å². The second-order valence-electron chi connectivity index (χ2n) is 4.49. The molecule has 1 heterocycles. The fourth-order valence-electron chi connectivity index (χ4n) is 1.60. The molecule has 0 fully saturated rings. The number of aryl methyl sites for hydroxylation is 1. The summed E-state index contributed by atoms with van der Waals surface area (Å²) in [6.45, 7) is 4.26. The number of nitrogens with zero attached hydrogens (tertiary/aromatic N) is 2. The summed E-state index contributed by atoms with van der Waals surface area (Å²) in [4.78, 5) is 16.8. The van der Waals surface area contributed by atoms with Crippen molar-refractivity contribution in [3.8, 4) is 0 Å². The lowest BCUT2D eigenvalue weighted by Gasteiger charge is -2.04. The summed E-state index contributed by atoms with van der Waals surface area (Å²) < 4.78 is 1.84. The summed E-state index contributed by atoms with van der Waals surface area (Å²) >= 11 is 1.46. The van der Waals surface area contributed by atoms with Crippen molar-refractivity contribution < 1.29 is 4.79 Å². The summed E-state index contributed by atoms with van der Waals surface area (Å²) in [5, 5.41) is 1.91. The van der Waals surface area contributed by atoms with Gasteiger partial charge in [0, 0.05) is 24.2 Å². The Labute approximate surface area is 110 Å². The summed E-state index contributed by atoms with van der Waals surface area (Å²) in [7, 11) is 1.88. The maximum absolute atomic E-state index is 12.0. The van der Waals surface area contributed by atoms with Crippen molar-refractivity contribution in [2.75, 3.05) is 0 Å². The first-order valence-electron chi connectivity index (χ1n) is 5.87. The van der Waals surface area contributed by atoms with Gasteiger partial charge in [-0.15, -0.1) is 11.3 Å². The molecule has 0 unspecified atom stereocenters. The van der Waals surface area contributed by atoms with Crippen molar-refractivity contribution >= 4 is 17.2 Å². The Balaban J connectivity index is 2.28. The van der Waals surface area contributed by atoms with Gasteiger partial charge in [0.15, 0.2) is 4.80 Å². The van der Waals surface area contributed by atoms with E-state index in [1.165, 1.54) is 16.9 Å². The number of carbonyl (C=O) groups excluding carboxylic acids is 1. The van der Waals surface area contributed by atoms with Gasteiger partial charge < -0.3 is 4.57 Å². The van der Waals surface area contributed by atoms with Crippen LogP contribution in [0.4, 0.5) is 0 Å². The van der Waals surface area contributed by atoms with Crippen LogP contribution in [0.15, 0.2) is 40.8 Å². The highest BCUT2D eigenvalue weighted by Crippen LogP contribution is 2.15. The molecule has 1 amide bonds. The summed E-state index contributed by atoms with van der Waals surface area (Å²) in [5.74, 6) is 0.282. The van der Waals surface area contributed by atoms with Crippen molar-refractivity contribution in [1.82, 2.24) is 4.57 Å². The first kappa shape index (κ1) is 12.8. The molecule has 0 saturated carbocycles. The zero-order chi connectivity index (χ0) is 13.1. The lowest BCUT2D eigenvalue weighted by atomic mass is 10.0. The van der Waals surface area contributed by atoms with E-state index in [0.717, 1.165) is 0 Å². The number of amides is 1. The lowest BCUT2D eigenvalue weighted by molar-refractivity contribution is 0.0998. The van der Waals surface area contributed by atoms with Crippen LogP contribution in [0, 0.1) is 0 Å². The van der Waals surface area contributed by atoms with E-state index < -0.39 is 0 Å². The van der Waals surface area contributed by atoms with Gasteiger partial charge in [-0.1, -0.05) is 26.0 Å². The number of thiazole rings is 1.